The highest BCUT2D eigenvalue weighted by Gasteiger charge is 2.42. The van der Waals surface area contributed by atoms with Crippen molar-refractivity contribution in [2.45, 2.75) is 40.0 Å². The fourth-order valence-electron chi connectivity index (χ4n) is 4.41. The average Bonchev–Trinajstić information content (AvgIpc) is 2.72. The number of carbonyl (C=O) groups excluding carboxylic acids is 2. The molecular formula is C24H37N3O3. The van der Waals surface area contributed by atoms with E-state index in [1.54, 1.807) is 0 Å². The van der Waals surface area contributed by atoms with Gasteiger partial charge in [-0.1, -0.05) is 39.0 Å². The van der Waals surface area contributed by atoms with Crippen LogP contribution in [0, 0.1) is 10.8 Å². The summed E-state index contributed by atoms with van der Waals surface area (Å²) in [7, 11) is 2.09. The van der Waals surface area contributed by atoms with Gasteiger partial charge in [-0.2, -0.15) is 0 Å². The van der Waals surface area contributed by atoms with Crippen LogP contribution in [0.5, 0.6) is 5.75 Å². The molecule has 2 aliphatic rings. The molecule has 1 aromatic rings. The number of likely N-dealkylation sites (N-methyl/N-ethyl adjacent to an activating group) is 1. The molecule has 0 N–H and O–H groups in total. The number of likely N-dealkylation sites (tertiary alicyclic amines) is 1. The summed E-state index contributed by atoms with van der Waals surface area (Å²) in [5, 5.41) is 0. The Labute approximate surface area is 181 Å². The van der Waals surface area contributed by atoms with Crippen LogP contribution >= 0.6 is 0 Å². The molecule has 0 saturated carbocycles. The fraction of sp³-hybridized carbons (Fsp3) is 0.667. The number of carbonyl (C=O) groups is 2. The second kappa shape index (κ2) is 9.38. The van der Waals surface area contributed by atoms with Crippen LogP contribution in [0.1, 0.15) is 40.0 Å². The molecule has 1 aromatic carbocycles. The first kappa shape index (κ1) is 22.6. The summed E-state index contributed by atoms with van der Waals surface area (Å²) < 4.78 is 6.15. The smallest absolute Gasteiger partial charge is 0.227 e. The third-order valence-corrected chi connectivity index (χ3v) is 6.26. The van der Waals surface area contributed by atoms with Gasteiger partial charge >= 0.3 is 0 Å². The van der Waals surface area contributed by atoms with E-state index in [9.17, 15) is 9.59 Å². The van der Waals surface area contributed by atoms with Crippen molar-refractivity contribution in [1.29, 1.82) is 0 Å². The van der Waals surface area contributed by atoms with Crippen LogP contribution in [0.4, 0.5) is 0 Å². The van der Waals surface area contributed by atoms with E-state index in [0.717, 1.165) is 51.3 Å². The molecule has 30 heavy (non-hydrogen) atoms. The molecule has 166 valence electrons. The molecule has 0 aliphatic carbocycles. The van der Waals surface area contributed by atoms with Crippen molar-refractivity contribution in [3.05, 3.63) is 30.3 Å². The number of hydrogen-bond acceptors (Lipinski definition) is 4. The minimum absolute atomic E-state index is 0.151. The number of rotatable bonds is 5. The van der Waals surface area contributed by atoms with Crippen LogP contribution in [-0.2, 0) is 9.59 Å². The number of benzene rings is 1. The summed E-state index contributed by atoms with van der Waals surface area (Å²) in [4.78, 5) is 32.4. The zero-order valence-corrected chi connectivity index (χ0v) is 19.0. The standard InChI is InChI=1S/C24H37N3O3/c1-23(2,3)22(29)27-12-8-11-24(18-27,19-30-20-9-6-5-7-10-20)17-21(28)26-15-13-25(4)14-16-26/h5-7,9-10H,8,11-19H2,1-4H3/t24-/m1/s1. The van der Waals surface area contributed by atoms with Gasteiger partial charge in [-0.3, -0.25) is 9.59 Å². The van der Waals surface area contributed by atoms with Crippen molar-refractivity contribution < 1.29 is 14.3 Å². The molecule has 2 heterocycles. The minimum Gasteiger partial charge on any atom is -0.493 e. The van der Waals surface area contributed by atoms with E-state index in [-0.39, 0.29) is 17.2 Å². The number of hydrogen-bond donors (Lipinski definition) is 0. The maximum absolute atomic E-state index is 13.2. The number of piperidine rings is 1. The monoisotopic (exact) mass is 415 g/mol. The zero-order valence-electron chi connectivity index (χ0n) is 19.0. The van der Waals surface area contributed by atoms with Crippen molar-refractivity contribution in [2.75, 3.05) is 52.9 Å². The molecule has 0 unspecified atom stereocenters. The van der Waals surface area contributed by atoms with E-state index >= 15 is 0 Å². The van der Waals surface area contributed by atoms with Gasteiger partial charge in [0.15, 0.2) is 0 Å². The summed E-state index contributed by atoms with van der Waals surface area (Å²) in [5.74, 6) is 1.14. The molecule has 2 amide bonds. The van der Waals surface area contributed by atoms with E-state index in [0.29, 0.717) is 19.6 Å². The predicted molar refractivity (Wildman–Crippen MR) is 118 cm³/mol. The van der Waals surface area contributed by atoms with E-state index in [2.05, 4.69) is 11.9 Å². The number of para-hydroxylation sites is 1. The SMILES string of the molecule is CN1CCN(C(=O)C[C@]2(COc3ccccc3)CCCN(C(=O)C(C)(C)C)C2)CC1. The first-order chi connectivity index (χ1) is 14.2. The van der Waals surface area contributed by atoms with E-state index in [1.165, 1.54) is 0 Å². The Balaban J connectivity index is 1.75. The largest absolute Gasteiger partial charge is 0.493 e. The van der Waals surface area contributed by atoms with Crippen LogP contribution in [0.25, 0.3) is 0 Å². The molecule has 3 rings (SSSR count). The first-order valence-corrected chi connectivity index (χ1v) is 11.1. The molecule has 0 aromatic heterocycles. The highest BCUT2D eigenvalue weighted by molar-refractivity contribution is 5.82. The van der Waals surface area contributed by atoms with Crippen molar-refractivity contribution in [2.24, 2.45) is 10.8 Å². The molecular weight excluding hydrogens is 378 g/mol. The lowest BCUT2D eigenvalue weighted by molar-refractivity contribution is -0.147. The van der Waals surface area contributed by atoms with Gasteiger partial charge < -0.3 is 19.4 Å². The number of nitrogens with zero attached hydrogens (tertiary/aromatic N) is 3. The van der Waals surface area contributed by atoms with Crippen LogP contribution < -0.4 is 4.74 Å². The molecule has 2 aliphatic heterocycles. The fourth-order valence-corrected chi connectivity index (χ4v) is 4.41. The van der Waals surface area contributed by atoms with Gasteiger partial charge in [0.2, 0.25) is 11.8 Å². The summed E-state index contributed by atoms with van der Waals surface area (Å²) in [6.45, 7) is 11.0. The topological polar surface area (TPSA) is 53.1 Å². The maximum atomic E-state index is 13.2. The van der Waals surface area contributed by atoms with Crippen LogP contribution in [0.15, 0.2) is 30.3 Å². The molecule has 6 heteroatoms. The Morgan fingerprint density at radius 1 is 1.00 bits per heavy atom. The Morgan fingerprint density at radius 3 is 2.30 bits per heavy atom. The van der Waals surface area contributed by atoms with E-state index in [1.807, 2.05) is 60.9 Å². The zero-order chi connectivity index (χ0) is 21.8. The summed E-state index contributed by atoms with van der Waals surface area (Å²) in [6, 6.07) is 9.75. The Morgan fingerprint density at radius 2 is 1.67 bits per heavy atom. The molecule has 0 radical (unpaired) electrons. The van der Waals surface area contributed by atoms with Crippen molar-refractivity contribution in [1.82, 2.24) is 14.7 Å². The van der Waals surface area contributed by atoms with Gasteiger partial charge in [0, 0.05) is 56.5 Å². The Kier molecular flexibility index (Phi) is 7.06. The predicted octanol–water partition coefficient (Wildman–Crippen LogP) is 2.88. The summed E-state index contributed by atoms with van der Waals surface area (Å²) >= 11 is 0. The normalized spacial score (nSPS) is 23.3. The Bertz CT molecular complexity index is 723. The third kappa shape index (κ3) is 5.75. The quantitative estimate of drug-likeness (QED) is 0.742. The highest BCUT2D eigenvalue weighted by atomic mass is 16.5. The third-order valence-electron chi connectivity index (χ3n) is 6.26. The lowest BCUT2D eigenvalue weighted by Crippen LogP contribution is -2.54. The average molecular weight is 416 g/mol. The summed E-state index contributed by atoms with van der Waals surface area (Å²) in [5.41, 5.74) is -0.778. The second-order valence-electron chi connectivity index (χ2n) is 10.0. The lowest BCUT2D eigenvalue weighted by atomic mass is 9.76. The van der Waals surface area contributed by atoms with Gasteiger partial charge in [-0.05, 0) is 32.0 Å². The lowest BCUT2D eigenvalue weighted by Gasteiger charge is -2.45. The molecule has 2 fully saturated rings. The van der Waals surface area contributed by atoms with Crippen molar-refractivity contribution in [3.8, 4) is 5.75 Å². The van der Waals surface area contributed by atoms with E-state index < -0.39 is 5.41 Å². The maximum Gasteiger partial charge on any atom is 0.227 e. The van der Waals surface area contributed by atoms with Gasteiger partial charge in [-0.25, -0.2) is 0 Å². The van der Waals surface area contributed by atoms with Crippen LogP contribution in [0.3, 0.4) is 0 Å². The number of ether oxygens (including phenoxy) is 1. The van der Waals surface area contributed by atoms with Crippen molar-refractivity contribution in [3.63, 3.8) is 0 Å². The minimum atomic E-state index is -0.426. The molecule has 2 saturated heterocycles. The van der Waals surface area contributed by atoms with Crippen LogP contribution in [-0.4, -0.2) is 79.4 Å². The molecule has 6 nitrogen and oxygen atoms in total. The molecule has 0 bridgehead atoms. The summed E-state index contributed by atoms with van der Waals surface area (Å²) in [6.07, 6.45) is 2.22. The van der Waals surface area contributed by atoms with Gasteiger partial charge in [-0.15, -0.1) is 0 Å². The number of amides is 2. The highest BCUT2D eigenvalue weighted by Crippen LogP contribution is 2.37. The van der Waals surface area contributed by atoms with Gasteiger partial charge in [0.05, 0.1) is 6.61 Å². The van der Waals surface area contributed by atoms with Crippen LogP contribution in [0.2, 0.25) is 0 Å². The van der Waals surface area contributed by atoms with Gasteiger partial charge in [0.1, 0.15) is 5.75 Å². The van der Waals surface area contributed by atoms with Gasteiger partial charge in [0.25, 0.3) is 0 Å². The molecule has 0 spiro atoms. The van der Waals surface area contributed by atoms with E-state index in [4.69, 9.17) is 4.74 Å². The number of piperazine rings is 1. The van der Waals surface area contributed by atoms with Crippen molar-refractivity contribution >= 4 is 11.8 Å². The second-order valence-corrected chi connectivity index (χ2v) is 10.0. The Hall–Kier alpha value is -2.08. The molecule has 1 atom stereocenters. The first-order valence-electron chi connectivity index (χ1n) is 11.1.